The smallest absolute Gasteiger partial charge is 0.269 e. The van der Waals surface area contributed by atoms with Crippen molar-refractivity contribution < 1.29 is 4.79 Å². The summed E-state index contributed by atoms with van der Waals surface area (Å²) in [5, 5.41) is 11.1. The molecule has 4 rings (SSSR count). The molecular formula is C16H18N8O. The molecule has 1 aliphatic rings. The van der Waals surface area contributed by atoms with Gasteiger partial charge in [0.15, 0.2) is 5.82 Å². The normalized spacial score (nSPS) is 17.6. The van der Waals surface area contributed by atoms with Crippen LogP contribution in [0.3, 0.4) is 0 Å². The van der Waals surface area contributed by atoms with Crippen LogP contribution < -0.4 is 10.6 Å². The van der Waals surface area contributed by atoms with E-state index in [-0.39, 0.29) is 11.6 Å². The Morgan fingerprint density at radius 3 is 3.04 bits per heavy atom. The van der Waals surface area contributed by atoms with E-state index >= 15 is 0 Å². The van der Waals surface area contributed by atoms with Crippen LogP contribution in [0, 0.1) is 0 Å². The zero-order valence-corrected chi connectivity index (χ0v) is 13.5. The van der Waals surface area contributed by atoms with E-state index in [1.807, 2.05) is 18.3 Å². The highest BCUT2D eigenvalue weighted by atomic mass is 16.1. The minimum absolute atomic E-state index is 0.228. The maximum absolute atomic E-state index is 11.2. The van der Waals surface area contributed by atoms with Crippen molar-refractivity contribution in [2.45, 2.75) is 18.8 Å². The molecule has 128 valence electrons. The third kappa shape index (κ3) is 3.08. The van der Waals surface area contributed by atoms with E-state index in [0.717, 1.165) is 37.4 Å². The number of nitrogens with two attached hydrogens (primary N) is 1. The Bertz CT molecular complexity index is 872. The molecule has 0 saturated carbocycles. The van der Waals surface area contributed by atoms with E-state index in [9.17, 15) is 4.79 Å². The number of amides is 1. The Kier molecular flexibility index (Phi) is 3.88. The van der Waals surface area contributed by atoms with E-state index < -0.39 is 5.91 Å². The minimum atomic E-state index is -0.523. The van der Waals surface area contributed by atoms with Crippen molar-refractivity contribution in [2.24, 2.45) is 5.73 Å². The maximum Gasteiger partial charge on any atom is 0.269 e. The number of hydrogen-bond donors (Lipinski definition) is 2. The predicted molar refractivity (Wildman–Crippen MR) is 90.4 cm³/mol. The highest BCUT2D eigenvalue weighted by molar-refractivity contribution is 5.90. The number of primary amides is 1. The summed E-state index contributed by atoms with van der Waals surface area (Å²) >= 11 is 0. The molecule has 0 spiro atoms. The van der Waals surface area contributed by atoms with Crippen LogP contribution in [0.4, 0.5) is 5.95 Å². The quantitative estimate of drug-likeness (QED) is 0.728. The Balaban J connectivity index is 1.55. The van der Waals surface area contributed by atoms with Crippen LogP contribution in [0.2, 0.25) is 0 Å². The van der Waals surface area contributed by atoms with Gasteiger partial charge in [-0.3, -0.25) is 9.89 Å². The fourth-order valence-corrected chi connectivity index (χ4v) is 3.11. The monoisotopic (exact) mass is 338 g/mol. The second-order valence-corrected chi connectivity index (χ2v) is 6.02. The molecule has 4 heterocycles. The molecule has 0 aliphatic carbocycles. The van der Waals surface area contributed by atoms with Gasteiger partial charge < -0.3 is 10.6 Å². The molecule has 3 aromatic rings. The van der Waals surface area contributed by atoms with Crippen molar-refractivity contribution in [3.63, 3.8) is 0 Å². The summed E-state index contributed by atoms with van der Waals surface area (Å²) in [5.74, 6) is 1.11. The van der Waals surface area contributed by atoms with Crippen molar-refractivity contribution in [3.05, 3.63) is 48.2 Å². The van der Waals surface area contributed by atoms with Gasteiger partial charge in [0.05, 0.1) is 0 Å². The Morgan fingerprint density at radius 2 is 2.28 bits per heavy atom. The minimum Gasteiger partial charge on any atom is -0.364 e. The van der Waals surface area contributed by atoms with Crippen molar-refractivity contribution in [2.75, 3.05) is 18.0 Å². The van der Waals surface area contributed by atoms with Crippen LogP contribution in [-0.2, 0) is 0 Å². The molecule has 3 aromatic heterocycles. The molecule has 3 N–H and O–H groups in total. The van der Waals surface area contributed by atoms with Gasteiger partial charge in [-0.1, -0.05) is 0 Å². The predicted octanol–water partition coefficient (Wildman–Crippen LogP) is 0.868. The van der Waals surface area contributed by atoms with Gasteiger partial charge in [-0.05, 0) is 25.0 Å². The van der Waals surface area contributed by atoms with Gasteiger partial charge in [0.1, 0.15) is 5.69 Å². The highest BCUT2D eigenvalue weighted by Crippen LogP contribution is 2.28. The second kappa shape index (κ2) is 6.34. The topological polar surface area (TPSA) is 119 Å². The standard InChI is InChI=1S/C16H18N8O/c17-15(25)13-9-12(21-22-13)11-3-1-7-23(10-11)16-18-6-4-14(20-16)24-8-2-5-19-24/h2,4-6,8-9,11H,1,3,7,10H2,(H2,17,25)(H,21,22)/t11-/m0/s1. The average molecular weight is 338 g/mol. The number of anilines is 1. The first-order chi connectivity index (χ1) is 12.2. The average Bonchev–Trinajstić information content (AvgIpc) is 3.34. The zero-order chi connectivity index (χ0) is 17.2. The van der Waals surface area contributed by atoms with Gasteiger partial charge in [-0.25, -0.2) is 9.67 Å². The third-order valence-electron chi connectivity index (χ3n) is 4.36. The van der Waals surface area contributed by atoms with Gasteiger partial charge in [0.2, 0.25) is 5.95 Å². The summed E-state index contributed by atoms with van der Waals surface area (Å²) in [6.45, 7) is 1.64. The van der Waals surface area contributed by atoms with Gasteiger partial charge in [0, 0.05) is 49.4 Å². The maximum atomic E-state index is 11.2. The summed E-state index contributed by atoms with van der Waals surface area (Å²) in [6, 6.07) is 5.41. The van der Waals surface area contributed by atoms with E-state index in [2.05, 4.69) is 30.2 Å². The van der Waals surface area contributed by atoms with Crippen LogP contribution in [0.15, 0.2) is 36.8 Å². The summed E-state index contributed by atoms with van der Waals surface area (Å²) in [4.78, 5) is 22.4. The second-order valence-electron chi connectivity index (χ2n) is 6.02. The van der Waals surface area contributed by atoms with Gasteiger partial charge in [-0.15, -0.1) is 0 Å². The van der Waals surface area contributed by atoms with Crippen molar-refractivity contribution in [1.29, 1.82) is 0 Å². The molecule has 0 unspecified atom stereocenters. The zero-order valence-electron chi connectivity index (χ0n) is 13.5. The number of carbonyl (C=O) groups excluding carboxylic acids is 1. The first kappa shape index (κ1) is 15.3. The fraction of sp³-hybridized carbons (Fsp3) is 0.312. The summed E-state index contributed by atoms with van der Waals surface area (Å²) in [5.41, 5.74) is 6.46. The van der Waals surface area contributed by atoms with E-state index in [1.54, 1.807) is 23.1 Å². The molecule has 0 bridgehead atoms. The van der Waals surface area contributed by atoms with E-state index in [0.29, 0.717) is 5.95 Å². The van der Waals surface area contributed by atoms with Crippen molar-refractivity contribution in [1.82, 2.24) is 29.9 Å². The SMILES string of the molecule is NC(=O)c1cc([C@H]2CCCN(c3nccc(-n4cccn4)n3)C2)[nH]n1. The number of H-pyrrole nitrogens is 1. The molecule has 25 heavy (non-hydrogen) atoms. The molecule has 9 nitrogen and oxygen atoms in total. The molecule has 9 heteroatoms. The number of carbonyl (C=O) groups is 1. The van der Waals surface area contributed by atoms with Gasteiger partial charge >= 0.3 is 0 Å². The number of aromatic nitrogens is 6. The Labute approximate surface area is 143 Å². The van der Waals surface area contributed by atoms with Crippen LogP contribution in [0.5, 0.6) is 0 Å². The van der Waals surface area contributed by atoms with E-state index in [1.165, 1.54) is 0 Å². The number of piperidine rings is 1. The number of nitrogens with zero attached hydrogens (tertiary/aromatic N) is 6. The molecule has 1 aliphatic heterocycles. The Morgan fingerprint density at radius 1 is 1.36 bits per heavy atom. The molecule has 1 saturated heterocycles. The van der Waals surface area contributed by atoms with Gasteiger partial charge in [-0.2, -0.15) is 15.2 Å². The summed E-state index contributed by atoms with van der Waals surface area (Å²) in [7, 11) is 0. The summed E-state index contributed by atoms with van der Waals surface area (Å²) in [6.07, 6.45) is 7.32. The van der Waals surface area contributed by atoms with Crippen molar-refractivity contribution in [3.8, 4) is 5.82 Å². The lowest BCUT2D eigenvalue weighted by molar-refractivity contribution is 0.0995. The lowest BCUT2D eigenvalue weighted by Gasteiger charge is -2.32. The molecule has 0 aromatic carbocycles. The fourth-order valence-electron chi connectivity index (χ4n) is 3.11. The van der Waals surface area contributed by atoms with Crippen LogP contribution in [-0.4, -0.2) is 48.9 Å². The first-order valence-corrected chi connectivity index (χ1v) is 8.14. The van der Waals surface area contributed by atoms with Crippen LogP contribution >= 0.6 is 0 Å². The van der Waals surface area contributed by atoms with Gasteiger partial charge in [0.25, 0.3) is 5.91 Å². The number of rotatable bonds is 4. The number of hydrogen-bond acceptors (Lipinski definition) is 6. The molecule has 0 radical (unpaired) electrons. The van der Waals surface area contributed by atoms with Crippen molar-refractivity contribution >= 4 is 11.9 Å². The van der Waals surface area contributed by atoms with Crippen LogP contribution in [0.1, 0.15) is 34.9 Å². The Hall–Kier alpha value is -3.23. The van der Waals surface area contributed by atoms with Crippen LogP contribution in [0.25, 0.3) is 5.82 Å². The van der Waals surface area contributed by atoms with E-state index in [4.69, 9.17) is 5.73 Å². The lowest BCUT2D eigenvalue weighted by atomic mass is 9.95. The number of aromatic amines is 1. The number of nitrogens with one attached hydrogen (secondary N) is 1. The molecule has 1 fully saturated rings. The molecule has 1 amide bonds. The largest absolute Gasteiger partial charge is 0.364 e. The highest BCUT2D eigenvalue weighted by Gasteiger charge is 2.25. The third-order valence-corrected chi connectivity index (χ3v) is 4.36. The summed E-state index contributed by atoms with van der Waals surface area (Å²) < 4.78 is 1.71. The molecular weight excluding hydrogens is 320 g/mol. The molecule has 1 atom stereocenters. The first-order valence-electron chi connectivity index (χ1n) is 8.14. The lowest BCUT2D eigenvalue weighted by Crippen LogP contribution is -2.35.